The summed E-state index contributed by atoms with van der Waals surface area (Å²) < 4.78 is 25.6. The van der Waals surface area contributed by atoms with Crippen molar-refractivity contribution in [3.05, 3.63) is 60.4 Å². The number of aliphatic hydroxyl groups is 1. The summed E-state index contributed by atoms with van der Waals surface area (Å²) in [5.41, 5.74) is 7.42. The third-order valence-electron chi connectivity index (χ3n) is 6.52. The molecule has 0 saturated heterocycles. The SMILES string of the molecule is COc1cc2c(NC3=CN(CC(N)=O)N(c4cccc(F)c4)C3)ncnc2cc1OCCCN(CCO)C(C)C. The number of aliphatic hydroxyl groups excluding tert-OH is 1. The molecule has 1 amide bonds. The Morgan fingerprint density at radius 2 is 2.05 bits per heavy atom. The first-order valence-electron chi connectivity index (χ1n) is 13.1. The van der Waals surface area contributed by atoms with Gasteiger partial charge in [-0.3, -0.25) is 19.7 Å². The van der Waals surface area contributed by atoms with Crippen molar-refractivity contribution in [2.75, 3.05) is 56.8 Å². The number of nitrogens with one attached hydrogen (secondary N) is 1. The zero-order valence-electron chi connectivity index (χ0n) is 23.0. The Morgan fingerprint density at radius 3 is 2.75 bits per heavy atom. The summed E-state index contributed by atoms with van der Waals surface area (Å²) in [5.74, 6) is 0.750. The van der Waals surface area contributed by atoms with Crippen molar-refractivity contribution >= 4 is 28.3 Å². The first-order chi connectivity index (χ1) is 19.3. The predicted octanol–water partition coefficient (Wildman–Crippen LogP) is 2.72. The fourth-order valence-corrected chi connectivity index (χ4v) is 4.58. The van der Waals surface area contributed by atoms with Crippen molar-refractivity contribution in [2.24, 2.45) is 5.73 Å². The van der Waals surface area contributed by atoms with E-state index in [9.17, 15) is 14.3 Å². The number of hydrogen-bond acceptors (Lipinski definition) is 10. The number of hydrogen-bond donors (Lipinski definition) is 3. The van der Waals surface area contributed by atoms with Crippen LogP contribution in [0.25, 0.3) is 10.9 Å². The highest BCUT2D eigenvalue weighted by Gasteiger charge is 2.25. The Hall–Kier alpha value is -4.16. The highest BCUT2D eigenvalue weighted by Crippen LogP contribution is 2.35. The van der Waals surface area contributed by atoms with E-state index >= 15 is 0 Å². The Morgan fingerprint density at radius 1 is 1.23 bits per heavy atom. The van der Waals surface area contributed by atoms with E-state index in [4.69, 9.17) is 15.2 Å². The summed E-state index contributed by atoms with van der Waals surface area (Å²) in [6.45, 7) is 6.50. The van der Waals surface area contributed by atoms with Crippen LogP contribution in [-0.2, 0) is 4.79 Å². The van der Waals surface area contributed by atoms with Crippen molar-refractivity contribution in [1.29, 1.82) is 0 Å². The molecule has 0 fully saturated rings. The normalized spacial score (nSPS) is 13.3. The maximum Gasteiger partial charge on any atom is 0.239 e. The number of amides is 1. The van der Waals surface area contributed by atoms with E-state index in [-0.39, 0.29) is 19.0 Å². The number of aromatic nitrogens is 2. The molecule has 1 aliphatic rings. The Balaban J connectivity index is 1.51. The molecule has 3 aromatic rings. The summed E-state index contributed by atoms with van der Waals surface area (Å²) in [6.07, 6.45) is 3.99. The number of carbonyl (C=O) groups excluding carboxylic acids is 1. The Kier molecular flexibility index (Phi) is 9.56. The molecule has 0 bridgehead atoms. The van der Waals surface area contributed by atoms with E-state index in [1.807, 2.05) is 12.1 Å². The van der Waals surface area contributed by atoms with Crippen LogP contribution in [0.4, 0.5) is 15.9 Å². The first-order valence-corrected chi connectivity index (χ1v) is 13.1. The topological polar surface area (TPSA) is 129 Å². The van der Waals surface area contributed by atoms with Crippen LogP contribution in [0.5, 0.6) is 11.5 Å². The number of nitrogens with two attached hydrogens (primary N) is 1. The molecule has 0 saturated carbocycles. The molecule has 0 aliphatic carbocycles. The second kappa shape index (κ2) is 13.3. The van der Waals surface area contributed by atoms with E-state index in [1.165, 1.54) is 18.5 Å². The summed E-state index contributed by atoms with van der Waals surface area (Å²) in [7, 11) is 1.57. The Bertz CT molecular complexity index is 1350. The molecule has 2 aromatic carbocycles. The quantitative estimate of drug-likeness (QED) is 0.256. The molecule has 0 radical (unpaired) electrons. The van der Waals surface area contributed by atoms with Crippen LogP contribution in [0.1, 0.15) is 20.3 Å². The van der Waals surface area contributed by atoms with Gasteiger partial charge in [0.25, 0.3) is 0 Å². The van der Waals surface area contributed by atoms with E-state index in [0.717, 1.165) is 18.7 Å². The monoisotopic (exact) mass is 553 g/mol. The minimum Gasteiger partial charge on any atom is -0.493 e. The lowest BCUT2D eigenvalue weighted by Crippen LogP contribution is -2.41. The zero-order chi connectivity index (χ0) is 28.6. The molecule has 1 aromatic heterocycles. The van der Waals surface area contributed by atoms with Crippen LogP contribution >= 0.6 is 0 Å². The van der Waals surface area contributed by atoms with Crippen LogP contribution in [0.3, 0.4) is 0 Å². The van der Waals surface area contributed by atoms with Gasteiger partial charge in [-0.2, -0.15) is 0 Å². The molecular formula is C28H36FN7O4. The number of benzene rings is 2. The largest absolute Gasteiger partial charge is 0.493 e. The molecule has 4 N–H and O–H groups in total. The third-order valence-corrected chi connectivity index (χ3v) is 6.52. The average Bonchev–Trinajstić information content (AvgIpc) is 3.31. The number of rotatable bonds is 14. The average molecular weight is 554 g/mol. The minimum atomic E-state index is -0.519. The first kappa shape index (κ1) is 28.8. The van der Waals surface area contributed by atoms with Crippen LogP contribution in [0.15, 0.2) is 54.6 Å². The second-order valence-electron chi connectivity index (χ2n) is 9.68. The standard InChI is InChI=1S/C28H36FN7O4/c1-19(2)34(9-10-37)8-5-11-40-26-14-24-23(13-25(26)39-3)28(32-18-31-24)33-21-15-35(17-27(30)38)36(16-21)22-7-4-6-20(29)12-22/h4,6-7,12-15,18-19,37H,5,8-11,16-17H2,1-3H3,(H2,30,38)(H,31,32,33). The fraction of sp³-hybridized carbons (Fsp3) is 0.393. The van der Waals surface area contributed by atoms with Crippen molar-refractivity contribution in [3.63, 3.8) is 0 Å². The van der Waals surface area contributed by atoms with Gasteiger partial charge in [0.05, 0.1) is 43.8 Å². The van der Waals surface area contributed by atoms with Crippen LogP contribution in [0, 0.1) is 5.82 Å². The molecule has 11 nitrogen and oxygen atoms in total. The third kappa shape index (κ3) is 7.07. The van der Waals surface area contributed by atoms with Crippen LogP contribution in [0.2, 0.25) is 0 Å². The summed E-state index contributed by atoms with van der Waals surface area (Å²) >= 11 is 0. The summed E-state index contributed by atoms with van der Waals surface area (Å²) in [4.78, 5) is 22.7. The van der Waals surface area contributed by atoms with Crippen molar-refractivity contribution in [1.82, 2.24) is 19.9 Å². The predicted molar refractivity (Wildman–Crippen MR) is 151 cm³/mol. The molecule has 12 heteroatoms. The number of primary amides is 1. The van der Waals surface area contributed by atoms with Crippen molar-refractivity contribution in [2.45, 2.75) is 26.3 Å². The second-order valence-corrected chi connectivity index (χ2v) is 9.68. The number of anilines is 2. The molecule has 4 rings (SSSR count). The van der Waals surface area contributed by atoms with Gasteiger partial charge >= 0.3 is 0 Å². The number of methoxy groups -OCH3 is 1. The van der Waals surface area contributed by atoms with Crippen LogP contribution in [-0.4, -0.2) is 83.4 Å². The van der Waals surface area contributed by atoms with Gasteiger partial charge in [0.2, 0.25) is 5.91 Å². The lowest BCUT2D eigenvalue weighted by atomic mass is 10.2. The number of nitrogens with zero attached hydrogens (tertiary/aromatic N) is 5. The van der Waals surface area contributed by atoms with Gasteiger partial charge in [-0.1, -0.05) is 6.07 Å². The minimum absolute atomic E-state index is 0.0737. The molecule has 2 heterocycles. The smallest absolute Gasteiger partial charge is 0.239 e. The van der Waals surface area contributed by atoms with Gasteiger partial charge in [-0.05, 0) is 44.5 Å². The molecule has 214 valence electrons. The molecule has 40 heavy (non-hydrogen) atoms. The highest BCUT2D eigenvalue weighted by atomic mass is 19.1. The maximum absolute atomic E-state index is 13.9. The van der Waals surface area contributed by atoms with Gasteiger partial charge < -0.3 is 25.6 Å². The van der Waals surface area contributed by atoms with Gasteiger partial charge in [-0.15, -0.1) is 0 Å². The van der Waals surface area contributed by atoms with Crippen LogP contribution < -0.4 is 25.5 Å². The lowest BCUT2D eigenvalue weighted by Gasteiger charge is -2.29. The lowest BCUT2D eigenvalue weighted by molar-refractivity contribution is -0.118. The number of hydrazine groups is 1. The fourth-order valence-electron chi connectivity index (χ4n) is 4.58. The molecule has 0 spiro atoms. The maximum atomic E-state index is 13.9. The number of ether oxygens (including phenoxy) is 2. The van der Waals surface area contributed by atoms with Gasteiger partial charge in [0.15, 0.2) is 11.5 Å². The molecule has 0 atom stereocenters. The van der Waals surface area contributed by atoms with E-state index < -0.39 is 5.91 Å². The van der Waals surface area contributed by atoms with E-state index in [0.29, 0.717) is 59.6 Å². The van der Waals surface area contributed by atoms with Crippen molar-refractivity contribution in [3.8, 4) is 11.5 Å². The molecule has 1 aliphatic heterocycles. The highest BCUT2D eigenvalue weighted by molar-refractivity contribution is 5.92. The summed E-state index contributed by atoms with van der Waals surface area (Å²) in [5, 5.41) is 16.7. The number of carbonyl (C=O) groups is 1. The van der Waals surface area contributed by atoms with Gasteiger partial charge in [0.1, 0.15) is 24.5 Å². The number of halogens is 1. The van der Waals surface area contributed by atoms with E-state index in [1.54, 1.807) is 35.5 Å². The van der Waals surface area contributed by atoms with Gasteiger partial charge in [-0.25, -0.2) is 14.4 Å². The Labute approximate surface area is 233 Å². The number of fused-ring (bicyclic) bond motifs is 1. The van der Waals surface area contributed by atoms with E-state index in [2.05, 4.69) is 34.0 Å². The van der Waals surface area contributed by atoms with Gasteiger partial charge in [0, 0.05) is 36.8 Å². The zero-order valence-corrected chi connectivity index (χ0v) is 23.0. The van der Waals surface area contributed by atoms with Crippen molar-refractivity contribution < 1.29 is 23.8 Å². The molecule has 0 unspecified atom stereocenters. The summed E-state index contributed by atoms with van der Waals surface area (Å²) in [6, 6.07) is 10.1. The molecular weight excluding hydrogens is 517 g/mol.